The number of hydrogen-bond acceptors (Lipinski definition) is 3. The molecule has 0 bridgehead atoms. The Morgan fingerprint density at radius 1 is 1.22 bits per heavy atom. The number of carbonyl (C=O) groups excluding carboxylic acids is 2. The molecule has 6 heteroatoms. The lowest BCUT2D eigenvalue weighted by Gasteiger charge is -2.08. The standard InChI is InChI=1S/C17H17N3O2S/c21-15(12-6-7-12)20-13-4-1-3-11(9-13)10-19-16(22)14-5-2-8-18-17(14)23/h1-5,8-9,12H,6-7,10H2,(H,18,23)(H,19,22)(H,20,21). The highest BCUT2D eigenvalue weighted by Gasteiger charge is 2.29. The van der Waals surface area contributed by atoms with Gasteiger partial charge in [-0.1, -0.05) is 24.4 Å². The van der Waals surface area contributed by atoms with Crippen molar-refractivity contribution in [1.82, 2.24) is 10.3 Å². The maximum atomic E-state index is 12.1. The minimum atomic E-state index is -0.223. The van der Waals surface area contributed by atoms with Crippen LogP contribution < -0.4 is 10.6 Å². The number of aromatic amines is 1. The van der Waals surface area contributed by atoms with E-state index < -0.39 is 0 Å². The molecular weight excluding hydrogens is 310 g/mol. The predicted molar refractivity (Wildman–Crippen MR) is 90.6 cm³/mol. The fourth-order valence-corrected chi connectivity index (χ4v) is 2.46. The molecule has 3 rings (SSSR count). The number of nitrogens with one attached hydrogen (secondary N) is 3. The molecule has 1 fully saturated rings. The molecule has 118 valence electrons. The lowest BCUT2D eigenvalue weighted by atomic mass is 10.2. The summed E-state index contributed by atoms with van der Waals surface area (Å²) in [6, 6.07) is 10.9. The van der Waals surface area contributed by atoms with E-state index in [0.717, 1.165) is 24.1 Å². The van der Waals surface area contributed by atoms with Gasteiger partial charge in [-0.15, -0.1) is 0 Å². The normalized spacial score (nSPS) is 13.4. The third-order valence-corrected chi connectivity index (χ3v) is 4.00. The molecule has 0 spiro atoms. The van der Waals surface area contributed by atoms with Gasteiger partial charge in [-0.05, 0) is 42.7 Å². The Hall–Kier alpha value is -2.47. The summed E-state index contributed by atoms with van der Waals surface area (Å²) in [6.07, 6.45) is 3.63. The van der Waals surface area contributed by atoms with Gasteiger partial charge in [0.15, 0.2) is 0 Å². The summed E-state index contributed by atoms with van der Waals surface area (Å²) in [6.45, 7) is 0.371. The van der Waals surface area contributed by atoms with E-state index in [0.29, 0.717) is 16.7 Å². The average Bonchev–Trinajstić information content (AvgIpc) is 3.38. The number of aromatic nitrogens is 1. The van der Waals surface area contributed by atoms with Crippen LogP contribution in [0.25, 0.3) is 0 Å². The van der Waals surface area contributed by atoms with E-state index in [2.05, 4.69) is 15.6 Å². The van der Waals surface area contributed by atoms with Gasteiger partial charge in [0.25, 0.3) is 5.91 Å². The fraction of sp³-hybridized carbons (Fsp3) is 0.235. The molecule has 0 saturated heterocycles. The van der Waals surface area contributed by atoms with E-state index in [1.54, 1.807) is 18.3 Å². The van der Waals surface area contributed by atoms with Gasteiger partial charge in [-0.3, -0.25) is 9.59 Å². The highest BCUT2D eigenvalue weighted by atomic mass is 32.1. The van der Waals surface area contributed by atoms with Gasteiger partial charge >= 0.3 is 0 Å². The van der Waals surface area contributed by atoms with Crippen molar-refractivity contribution in [3.63, 3.8) is 0 Å². The van der Waals surface area contributed by atoms with Crippen molar-refractivity contribution >= 4 is 29.7 Å². The Balaban J connectivity index is 1.61. The van der Waals surface area contributed by atoms with Gasteiger partial charge in [0, 0.05) is 24.3 Å². The molecule has 0 radical (unpaired) electrons. The van der Waals surface area contributed by atoms with Crippen LogP contribution in [0, 0.1) is 10.6 Å². The molecule has 2 amide bonds. The fourth-order valence-electron chi connectivity index (χ4n) is 2.23. The Morgan fingerprint density at radius 2 is 2.04 bits per heavy atom. The van der Waals surface area contributed by atoms with Crippen molar-refractivity contribution in [2.24, 2.45) is 5.92 Å². The summed E-state index contributed by atoms with van der Waals surface area (Å²) in [7, 11) is 0. The summed E-state index contributed by atoms with van der Waals surface area (Å²) in [5, 5.41) is 5.73. The van der Waals surface area contributed by atoms with Crippen LogP contribution in [0.5, 0.6) is 0 Å². The van der Waals surface area contributed by atoms with Crippen LogP contribution in [0.15, 0.2) is 42.6 Å². The SMILES string of the molecule is O=C(NCc1cccc(NC(=O)C2CC2)c1)c1ccc[nH]c1=S. The zero-order valence-corrected chi connectivity index (χ0v) is 13.3. The zero-order chi connectivity index (χ0) is 16.2. The molecule has 1 aliphatic carbocycles. The van der Waals surface area contributed by atoms with Crippen LogP contribution >= 0.6 is 12.2 Å². The maximum absolute atomic E-state index is 12.1. The Morgan fingerprint density at radius 3 is 2.78 bits per heavy atom. The van der Waals surface area contributed by atoms with E-state index in [1.165, 1.54) is 0 Å². The topological polar surface area (TPSA) is 74.0 Å². The van der Waals surface area contributed by atoms with Gasteiger partial charge in [0.05, 0.1) is 5.56 Å². The van der Waals surface area contributed by atoms with Gasteiger partial charge in [-0.2, -0.15) is 0 Å². The molecule has 1 saturated carbocycles. The Labute approximate surface area is 139 Å². The molecule has 0 aliphatic heterocycles. The number of amides is 2. The number of rotatable bonds is 5. The quantitative estimate of drug-likeness (QED) is 0.739. The number of benzene rings is 1. The number of H-pyrrole nitrogens is 1. The van der Waals surface area contributed by atoms with Crippen LogP contribution in [0.3, 0.4) is 0 Å². The van der Waals surface area contributed by atoms with E-state index in [-0.39, 0.29) is 17.7 Å². The smallest absolute Gasteiger partial charge is 0.254 e. The second kappa shape index (κ2) is 6.75. The molecule has 2 aromatic rings. The van der Waals surface area contributed by atoms with Crippen molar-refractivity contribution in [3.05, 3.63) is 58.4 Å². The van der Waals surface area contributed by atoms with Crippen molar-refractivity contribution < 1.29 is 9.59 Å². The van der Waals surface area contributed by atoms with Crippen molar-refractivity contribution in [3.8, 4) is 0 Å². The molecular formula is C17H17N3O2S. The van der Waals surface area contributed by atoms with Crippen LogP contribution in [-0.2, 0) is 11.3 Å². The van der Waals surface area contributed by atoms with E-state index in [1.807, 2.05) is 24.3 Å². The van der Waals surface area contributed by atoms with Crippen LogP contribution in [0.2, 0.25) is 0 Å². The van der Waals surface area contributed by atoms with Crippen LogP contribution in [-0.4, -0.2) is 16.8 Å². The lowest BCUT2D eigenvalue weighted by Crippen LogP contribution is -2.23. The van der Waals surface area contributed by atoms with Gasteiger partial charge in [0.1, 0.15) is 4.64 Å². The lowest BCUT2D eigenvalue weighted by molar-refractivity contribution is -0.117. The first-order valence-electron chi connectivity index (χ1n) is 7.49. The first kappa shape index (κ1) is 15.4. The molecule has 1 heterocycles. The van der Waals surface area contributed by atoms with E-state index in [4.69, 9.17) is 12.2 Å². The maximum Gasteiger partial charge on any atom is 0.254 e. The minimum Gasteiger partial charge on any atom is -0.352 e. The zero-order valence-electron chi connectivity index (χ0n) is 12.5. The summed E-state index contributed by atoms with van der Waals surface area (Å²) in [4.78, 5) is 26.7. The highest BCUT2D eigenvalue weighted by molar-refractivity contribution is 7.71. The summed E-state index contributed by atoms with van der Waals surface area (Å²) in [5.41, 5.74) is 2.11. The number of carbonyl (C=O) groups is 2. The third kappa shape index (κ3) is 4.04. The predicted octanol–water partition coefficient (Wildman–Crippen LogP) is 3.02. The monoisotopic (exact) mass is 327 g/mol. The van der Waals surface area contributed by atoms with Gasteiger partial charge < -0.3 is 15.6 Å². The Kier molecular flexibility index (Phi) is 4.52. The molecule has 5 nitrogen and oxygen atoms in total. The second-order valence-electron chi connectivity index (χ2n) is 5.56. The van der Waals surface area contributed by atoms with Crippen LogP contribution in [0.4, 0.5) is 5.69 Å². The van der Waals surface area contributed by atoms with Crippen molar-refractivity contribution in [2.75, 3.05) is 5.32 Å². The van der Waals surface area contributed by atoms with Crippen molar-refractivity contribution in [2.45, 2.75) is 19.4 Å². The van der Waals surface area contributed by atoms with E-state index >= 15 is 0 Å². The number of pyridine rings is 1. The largest absolute Gasteiger partial charge is 0.352 e. The molecule has 1 aromatic heterocycles. The molecule has 1 aromatic carbocycles. The minimum absolute atomic E-state index is 0.0711. The van der Waals surface area contributed by atoms with Crippen LogP contribution in [0.1, 0.15) is 28.8 Å². The van der Waals surface area contributed by atoms with Gasteiger partial charge in [-0.25, -0.2) is 0 Å². The number of hydrogen-bond donors (Lipinski definition) is 3. The summed E-state index contributed by atoms with van der Waals surface area (Å²) >= 11 is 5.09. The number of anilines is 1. The molecule has 3 N–H and O–H groups in total. The second-order valence-corrected chi connectivity index (χ2v) is 5.97. The first-order valence-corrected chi connectivity index (χ1v) is 7.90. The van der Waals surface area contributed by atoms with Crippen molar-refractivity contribution in [1.29, 1.82) is 0 Å². The molecule has 0 atom stereocenters. The summed E-state index contributed by atoms with van der Waals surface area (Å²) < 4.78 is 0.412. The van der Waals surface area contributed by atoms with E-state index in [9.17, 15) is 9.59 Å². The highest BCUT2D eigenvalue weighted by Crippen LogP contribution is 2.30. The average molecular weight is 327 g/mol. The molecule has 1 aliphatic rings. The third-order valence-electron chi connectivity index (χ3n) is 3.66. The molecule has 0 unspecified atom stereocenters. The summed E-state index contributed by atoms with van der Waals surface area (Å²) in [5.74, 6) is 0.0131. The Bertz CT molecular complexity index is 796. The first-order chi connectivity index (χ1) is 11.1. The molecule has 23 heavy (non-hydrogen) atoms. The van der Waals surface area contributed by atoms with Gasteiger partial charge in [0.2, 0.25) is 5.91 Å².